The summed E-state index contributed by atoms with van der Waals surface area (Å²) in [5.74, 6) is 1.12. The van der Waals surface area contributed by atoms with Gasteiger partial charge < -0.3 is 0 Å². The van der Waals surface area contributed by atoms with Gasteiger partial charge in [-0.25, -0.2) is 0 Å². The molecule has 1 aromatic carbocycles. The van der Waals surface area contributed by atoms with Gasteiger partial charge >= 0.3 is 169 Å². The van der Waals surface area contributed by atoms with Crippen molar-refractivity contribution >= 4 is 28.5 Å². The molecule has 166 valence electrons. The molecule has 1 heterocycles. The number of rotatable bonds is 10. The van der Waals surface area contributed by atoms with E-state index in [0.29, 0.717) is 25.8 Å². The number of hydrogen-bond acceptors (Lipinski definition) is 5. The number of Topliss-reactive ketones (excluding diaryl/α,β-unsaturated/α-hetero) is 1. The van der Waals surface area contributed by atoms with Crippen LogP contribution in [-0.4, -0.2) is 31.1 Å². The first-order valence-electron chi connectivity index (χ1n) is 10.1. The summed E-state index contributed by atoms with van der Waals surface area (Å²) in [5, 5.41) is 2.69. The topological polar surface area (TPSA) is 64.6 Å². The molecule has 0 saturated carbocycles. The number of amides is 1. The van der Waals surface area contributed by atoms with Crippen molar-refractivity contribution < 1.29 is 40.3 Å². The Morgan fingerprint density at radius 2 is 1.90 bits per heavy atom. The third-order valence-electron chi connectivity index (χ3n) is 4.12. The molecule has 1 amide bonds. The molecule has 5 nitrogen and oxygen atoms in total. The molecular formula is C23H31INO4S-. The molecule has 0 saturated heterocycles. The van der Waals surface area contributed by atoms with Crippen molar-refractivity contribution in [2.24, 2.45) is 0 Å². The Hall–Kier alpha value is -1.48. The first-order valence-corrected chi connectivity index (χ1v) is 13.4. The number of halogens is 1. The van der Waals surface area contributed by atoms with Crippen LogP contribution >= 0.6 is 11.8 Å². The number of hydrogen-bond donors (Lipinski definition) is 1. The third kappa shape index (κ3) is 9.55. The van der Waals surface area contributed by atoms with Crippen molar-refractivity contribution in [2.75, 3.05) is 13.7 Å². The number of allylic oxidation sites excluding steroid dienone is 1. The molecular weight excluding hydrogens is 513 g/mol. The van der Waals surface area contributed by atoms with Gasteiger partial charge in [-0.15, -0.1) is 0 Å². The van der Waals surface area contributed by atoms with Gasteiger partial charge in [0.25, 0.3) is 0 Å². The third-order valence-corrected chi connectivity index (χ3v) is 8.22. The first-order chi connectivity index (χ1) is 14.3. The minimum absolute atomic E-state index is 0.0913. The van der Waals surface area contributed by atoms with Crippen LogP contribution < -0.4 is 31.3 Å². The summed E-state index contributed by atoms with van der Waals surface area (Å²) >= 11 is 1.71. The number of thioether (sulfide) groups is 1. The van der Waals surface area contributed by atoms with E-state index in [1.807, 2.05) is 32.9 Å². The van der Waals surface area contributed by atoms with Crippen molar-refractivity contribution in [1.29, 1.82) is 0 Å². The van der Waals surface area contributed by atoms with Gasteiger partial charge in [-0.1, -0.05) is 0 Å². The number of ether oxygens (including phenoxy) is 2. The van der Waals surface area contributed by atoms with Crippen LogP contribution in [0.1, 0.15) is 58.4 Å². The Bertz CT molecular complexity index is 799. The number of carbonyl (C=O) groups is 2. The summed E-state index contributed by atoms with van der Waals surface area (Å²) < 4.78 is 15.2. The van der Waals surface area contributed by atoms with E-state index in [0.717, 1.165) is 18.6 Å². The van der Waals surface area contributed by atoms with Crippen molar-refractivity contribution in [3.63, 3.8) is 0 Å². The molecule has 0 atom stereocenters. The zero-order chi connectivity index (χ0) is 22.0. The quantitative estimate of drug-likeness (QED) is 0.363. The van der Waals surface area contributed by atoms with E-state index < -0.39 is 11.7 Å². The molecule has 1 aromatic rings. The summed E-state index contributed by atoms with van der Waals surface area (Å²) in [6.45, 7) is 5.94. The monoisotopic (exact) mass is 544 g/mol. The standard InChI is InChI=1S/C23H31INO4S/c1-23(2,3)29-22(27)25-13-7-10-18(26)9-6-12-20-15-24-16-21(30-20)17-8-5-11-19(14-17)28-4/h5,8,11,14-16H,6-7,9-10,12-13H2,1-4H3,(H,25,27)/q-1. The number of benzene rings is 1. The van der Waals surface area contributed by atoms with Crippen LogP contribution in [0.2, 0.25) is 0 Å². The molecule has 0 spiro atoms. The van der Waals surface area contributed by atoms with Gasteiger partial charge in [0, 0.05) is 0 Å². The molecule has 7 heteroatoms. The summed E-state index contributed by atoms with van der Waals surface area (Å²) in [6, 6.07) is 8.16. The Balaban J connectivity index is 1.63. The summed E-state index contributed by atoms with van der Waals surface area (Å²) in [5.41, 5.74) is 0.688. The SMILES string of the molecule is COc1cccc(C2=C[I-]C=C(CCCC(=O)CCCNC(=O)OC(C)(C)C)S2)c1. The Morgan fingerprint density at radius 3 is 2.63 bits per heavy atom. The van der Waals surface area contributed by atoms with Crippen LogP contribution in [-0.2, 0) is 9.53 Å². The molecule has 1 aliphatic rings. The number of nitrogens with one attached hydrogen (secondary N) is 1. The van der Waals surface area contributed by atoms with Crippen LogP contribution in [0.15, 0.2) is 37.3 Å². The fourth-order valence-corrected chi connectivity index (χ4v) is 6.62. The Morgan fingerprint density at radius 1 is 1.13 bits per heavy atom. The van der Waals surface area contributed by atoms with Crippen molar-refractivity contribution in [3.8, 4) is 5.75 Å². The van der Waals surface area contributed by atoms with E-state index in [-0.39, 0.29) is 27.0 Å². The van der Waals surface area contributed by atoms with Gasteiger partial charge in [-0.2, -0.15) is 0 Å². The average molecular weight is 544 g/mol. The van der Waals surface area contributed by atoms with Crippen molar-refractivity contribution in [2.45, 2.75) is 58.5 Å². The number of ketones is 1. The average Bonchev–Trinajstić information content (AvgIpc) is 2.70. The fourth-order valence-electron chi connectivity index (χ4n) is 2.72. The normalized spacial score (nSPS) is 14.1. The van der Waals surface area contributed by atoms with Gasteiger partial charge in [0.1, 0.15) is 5.60 Å². The van der Waals surface area contributed by atoms with Crippen LogP contribution in [0.3, 0.4) is 0 Å². The second-order valence-electron chi connectivity index (χ2n) is 7.93. The van der Waals surface area contributed by atoms with E-state index in [2.05, 4.69) is 25.6 Å². The fraction of sp³-hybridized carbons (Fsp3) is 0.478. The number of alkyl carbamates (subject to hydrolysis) is 1. The van der Waals surface area contributed by atoms with E-state index in [9.17, 15) is 9.59 Å². The second-order valence-corrected chi connectivity index (χ2v) is 11.1. The van der Waals surface area contributed by atoms with Crippen LogP contribution in [0.5, 0.6) is 5.75 Å². The molecule has 30 heavy (non-hydrogen) atoms. The van der Waals surface area contributed by atoms with E-state index in [1.54, 1.807) is 18.9 Å². The zero-order valence-corrected chi connectivity index (χ0v) is 21.1. The van der Waals surface area contributed by atoms with E-state index in [1.165, 1.54) is 15.4 Å². The van der Waals surface area contributed by atoms with Gasteiger partial charge in [-0.05, 0) is 20.8 Å². The summed E-state index contributed by atoms with van der Waals surface area (Å²) in [6.07, 6.45) is 3.09. The molecule has 0 aromatic heterocycles. The first kappa shape index (κ1) is 24.8. The minimum atomic E-state index is -0.504. The molecule has 0 radical (unpaired) electrons. The maximum absolute atomic E-state index is 12.1. The number of methoxy groups -OCH3 is 1. The molecule has 1 N–H and O–H groups in total. The maximum atomic E-state index is 12.1. The van der Waals surface area contributed by atoms with E-state index >= 15 is 0 Å². The second kappa shape index (κ2) is 12.4. The van der Waals surface area contributed by atoms with Crippen LogP contribution in [0.4, 0.5) is 4.79 Å². The predicted molar refractivity (Wildman–Crippen MR) is 119 cm³/mol. The Labute approximate surface area is 194 Å². The molecule has 2 rings (SSSR count). The molecule has 0 bridgehead atoms. The molecule has 0 aliphatic carbocycles. The van der Waals surface area contributed by atoms with Gasteiger partial charge in [0.05, 0.1) is 0 Å². The molecule has 1 aliphatic heterocycles. The predicted octanol–water partition coefficient (Wildman–Crippen LogP) is 2.72. The summed E-state index contributed by atoms with van der Waals surface area (Å²) in [7, 11) is 1.68. The van der Waals surface area contributed by atoms with Gasteiger partial charge in [0.2, 0.25) is 0 Å². The molecule has 0 unspecified atom stereocenters. The Kier molecular flexibility index (Phi) is 10.2. The zero-order valence-electron chi connectivity index (χ0n) is 18.1. The van der Waals surface area contributed by atoms with Crippen LogP contribution in [0.25, 0.3) is 4.91 Å². The van der Waals surface area contributed by atoms with Crippen molar-refractivity contribution in [3.05, 3.63) is 42.9 Å². The van der Waals surface area contributed by atoms with Crippen molar-refractivity contribution in [1.82, 2.24) is 5.32 Å². The van der Waals surface area contributed by atoms with Crippen LogP contribution in [0, 0.1) is 0 Å². The van der Waals surface area contributed by atoms with Gasteiger partial charge in [-0.3, -0.25) is 0 Å². The van der Waals surface area contributed by atoms with E-state index in [4.69, 9.17) is 9.47 Å². The number of carbonyl (C=O) groups excluding carboxylic acids is 2. The van der Waals surface area contributed by atoms with Gasteiger partial charge in [0.15, 0.2) is 0 Å². The molecule has 0 fully saturated rings. The summed E-state index contributed by atoms with van der Waals surface area (Å²) in [4.78, 5) is 26.4.